The summed E-state index contributed by atoms with van der Waals surface area (Å²) >= 11 is 0. The van der Waals surface area contributed by atoms with Crippen LogP contribution in [0.5, 0.6) is 0 Å². The van der Waals surface area contributed by atoms with E-state index >= 15 is 0 Å². The number of hydrogen-bond donors (Lipinski definition) is 0. The maximum Gasteiger partial charge on any atom is 0.223 e. The van der Waals surface area contributed by atoms with Crippen LogP contribution in [0.2, 0.25) is 0 Å². The van der Waals surface area contributed by atoms with Crippen LogP contribution in [0.1, 0.15) is 61.9 Å². The Kier molecular flexibility index (Phi) is 5.36. The molecule has 0 spiro atoms. The van der Waals surface area contributed by atoms with Gasteiger partial charge in [0.05, 0.1) is 11.4 Å². The molecule has 4 aliphatic carbocycles. The first-order valence-electron chi connectivity index (χ1n) is 13.1. The molecule has 176 valence electrons. The predicted molar refractivity (Wildman–Crippen MR) is 130 cm³/mol. The second-order valence-electron chi connectivity index (χ2n) is 11.6. The second kappa shape index (κ2) is 8.26. The number of aromatic nitrogens is 2. The highest BCUT2D eigenvalue weighted by Crippen LogP contribution is 2.61. The molecule has 5 fully saturated rings. The largest absolute Gasteiger partial charge is 0.340 e. The number of aryl methyl sites for hydroxylation is 1. The molecule has 0 unspecified atom stereocenters. The van der Waals surface area contributed by atoms with Gasteiger partial charge >= 0.3 is 0 Å². The molecular weight excluding hydrogens is 408 g/mol. The van der Waals surface area contributed by atoms with Crippen molar-refractivity contribution in [3.05, 3.63) is 47.3 Å². The van der Waals surface area contributed by atoms with Gasteiger partial charge in [0, 0.05) is 50.4 Å². The summed E-state index contributed by atoms with van der Waals surface area (Å²) in [6.07, 6.45) is 9.15. The second-order valence-corrected chi connectivity index (χ2v) is 11.6. The molecule has 1 aliphatic heterocycles. The molecular formula is C28H38N4O. The normalized spacial score (nSPS) is 31.3. The molecule has 0 radical (unpaired) electrons. The average molecular weight is 447 g/mol. The van der Waals surface area contributed by atoms with Crippen molar-refractivity contribution >= 4 is 5.91 Å². The highest BCUT2D eigenvalue weighted by molar-refractivity contribution is 5.77. The van der Waals surface area contributed by atoms with Gasteiger partial charge in [-0.05, 0) is 87.7 Å². The van der Waals surface area contributed by atoms with Crippen LogP contribution < -0.4 is 0 Å². The molecule has 33 heavy (non-hydrogen) atoms. The van der Waals surface area contributed by atoms with E-state index in [4.69, 9.17) is 5.10 Å². The minimum atomic E-state index is 0.350. The van der Waals surface area contributed by atoms with Gasteiger partial charge in [-0.1, -0.05) is 18.2 Å². The lowest BCUT2D eigenvalue weighted by Gasteiger charge is -2.57. The van der Waals surface area contributed by atoms with Gasteiger partial charge in [0.2, 0.25) is 5.91 Å². The fourth-order valence-electron chi connectivity index (χ4n) is 8.04. The van der Waals surface area contributed by atoms with E-state index in [1.807, 2.05) is 6.07 Å². The van der Waals surface area contributed by atoms with E-state index in [2.05, 4.69) is 52.6 Å². The molecule has 2 heterocycles. The van der Waals surface area contributed by atoms with Gasteiger partial charge < -0.3 is 4.90 Å². The molecule has 4 bridgehead atoms. The van der Waals surface area contributed by atoms with Crippen LogP contribution in [-0.2, 0) is 11.3 Å². The van der Waals surface area contributed by atoms with Crippen molar-refractivity contribution in [3.63, 3.8) is 0 Å². The number of carbonyl (C=O) groups excluding carboxylic acids is 1. The van der Waals surface area contributed by atoms with E-state index in [9.17, 15) is 4.79 Å². The van der Waals surface area contributed by atoms with Crippen LogP contribution in [0.4, 0.5) is 0 Å². The Balaban J connectivity index is 1.06. The number of carbonyl (C=O) groups is 1. The lowest BCUT2D eigenvalue weighted by Crippen LogP contribution is -2.52. The quantitative estimate of drug-likeness (QED) is 0.666. The fraction of sp³-hybridized carbons (Fsp3) is 0.643. The highest BCUT2D eigenvalue weighted by Gasteiger charge is 2.51. The molecule has 1 saturated heterocycles. The van der Waals surface area contributed by atoms with Gasteiger partial charge in [0.1, 0.15) is 0 Å². The summed E-state index contributed by atoms with van der Waals surface area (Å²) in [4.78, 5) is 18.0. The number of hydrogen-bond acceptors (Lipinski definition) is 3. The van der Waals surface area contributed by atoms with Gasteiger partial charge in [-0.3, -0.25) is 9.69 Å². The topological polar surface area (TPSA) is 41.4 Å². The Morgan fingerprint density at radius 3 is 2.15 bits per heavy atom. The first-order valence-corrected chi connectivity index (χ1v) is 13.1. The molecule has 1 aromatic heterocycles. The lowest BCUT2D eigenvalue weighted by atomic mass is 9.49. The maximum atomic E-state index is 13.3. The van der Waals surface area contributed by atoms with Crippen LogP contribution in [0, 0.1) is 37.0 Å². The number of benzene rings is 1. The van der Waals surface area contributed by atoms with Crippen LogP contribution in [0.25, 0.3) is 5.69 Å². The van der Waals surface area contributed by atoms with Gasteiger partial charge in [-0.2, -0.15) is 5.10 Å². The molecule has 5 nitrogen and oxygen atoms in total. The van der Waals surface area contributed by atoms with E-state index in [1.54, 1.807) is 0 Å². The zero-order valence-corrected chi connectivity index (χ0v) is 20.3. The molecule has 0 atom stereocenters. The average Bonchev–Trinajstić information content (AvgIpc) is 3.07. The summed E-state index contributed by atoms with van der Waals surface area (Å²) in [7, 11) is 0. The Morgan fingerprint density at radius 2 is 1.55 bits per heavy atom. The van der Waals surface area contributed by atoms with E-state index < -0.39 is 0 Å². The third-order valence-electron chi connectivity index (χ3n) is 9.24. The summed E-state index contributed by atoms with van der Waals surface area (Å²) in [5.74, 6) is 3.19. The number of nitrogens with zero attached hydrogens (tertiary/aromatic N) is 4. The Bertz CT molecular complexity index is 983. The molecule has 5 heteroatoms. The van der Waals surface area contributed by atoms with E-state index in [1.165, 1.54) is 49.8 Å². The molecule has 2 aromatic rings. The van der Waals surface area contributed by atoms with Crippen LogP contribution in [0.3, 0.4) is 0 Å². The standard InChI is InChI=1S/C28H38N4O/c1-20-26(21(2)32(29-20)25-6-4-3-5-7-25)19-30-8-10-31(11-9-30)27(33)18-28-15-22-12-23(16-28)14-24(13-22)17-28/h3-7,22-24H,8-19H2,1-2H3. The zero-order valence-electron chi connectivity index (χ0n) is 20.3. The minimum Gasteiger partial charge on any atom is -0.340 e. The van der Waals surface area contributed by atoms with Crippen LogP contribution in [0.15, 0.2) is 30.3 Å². The van der Waals surface area contributed by atoms with Crippen molar-refractivity contribution in [2.45, 2.75) is 65.3 Å². The monoisotopic (exact) mass is 446 g/mol. The lowest BCUT2D eigenvalue weighted by molar-refractivity contribution is -0.141. The van der Waals surface area contributed by atoms with Gasteiger partial charge in [-0.25, -0.2) is 4.68 Å². The van der Waals surface area contributed by atoms with Crippen molar-refractivity contribution < 1.29 is 4.79 Å². The SMILES string of the molecule is Cc1nn(-c2ccccc2)c(C)c1CN1CCN(C(=O)CC23CC4CC(CC(C4)C2)C3)CC1. The zero-order chi connectivity index (χ0) is 22.6. The summed E-state index contributed by atoms with van der Waals surface area (Å²) in [5, 5.41) is 4.82. The summed E-state index contributed by atoms with van der Waals surface area (Å²) < 4.78 is 2.07. The van der Waals surface area contributed by atoms with Crippen molar-refractivity contribution in [1.82, 2.24) is 19.6 Å². The highest BCUT2D eigenvalue weighted by atomic mass is 16.2. The molecule has 1 aromatic carbocycles. The number of piperazine rings is 1. The van der Waals surface area contributed by atoms with E-state index in [-0.39, 0.29) is 0 Å². The molecule has 0 N–H and O–H groups in total. The number of para-hydroxylation sites is 1. The van der Waals surface area contributed by atoms with E-state index in [0.717, 1.165) is 68.3 Å². The van der Waals surface area contributed by atoms with Crippen molar-refractivity contribution in [3.8, 4) is 5.69 Å². The molecule has 1 amide bonds. The predicted octanol–water partition coefficient (Wildman–Crippen LogP) is 4.74. The van der Waals surface area contributed by atoms with Gasteiger partial charge in [0.15, 0.2) is 0 Å². The Morgan fingerprint density at radius 1 is 0.939 bits per heavy atom. The summed E-state index contributed by atoms with van der Waals surface area (Å²) in [5.41, 5.74) is 5.12. The van der Waals surface area contributed by atoms with Gasteiger partial charge in [0.25, 0.3) is 0 Å². The number of rotatable bonds is 5. The first-order chi connectivity index (χ1) is 16.0. The fourth-order valence-corrected chi connectivity index (χ4v) is 8.04. The third kappa shape index (κ3) is 4.03. The van der Waals surface area contributed by atoms with Crippen molar-refractivity contribution in [2.24, 2.45) is 23.2 Å². The smallest absolute Gasteiger partial charge is 0.223 e. The Labute approximate surface area is 198 Å². The number of amides is 1. The summed E-state index contributed by atoms with van der Waals surface area (Å²) in [6, 6.07) is 10.4. The Hall–Kier alpha value is -2.14. The third-order valence-corrected chi connectivity index (χ3v) is 9.24. The molecule has 5 aliphatic rings. The van der Waals surface area contributed by atoms with Crippen molar-refractivity contribution in [2.75, 3.05) is 26.2 Å². The molecule has 4 saturated carbocycles. The first kappa shape index (κ1) is 21.4. The van der Waals surface area contributed by atoms with Crippen LogP contribution >= 0.6 is 0 Å². The summed E-state index contributed by atoms with van der Waals surface area (Å²) in [6.45, 7) is 8.87. The van der Waals surface area contributed by atoms with Crippen LogP contribution in [-0.4, -0.2) is 51.7 Å². The minimum absolute atomic E-state index is 0.350. The molecule has 7 rings (SSSR count). The van der Waals surface area contributed by atoms with Gasteiger partial charge in [-0.15, -0.1) is 0 Å². The van der Waals surface area contributed by atoms with Crippen molar-refractivity contribution in [1.29, 1.82) is 0 Å². The maximum absolute atomic E-state index is 13.3. The van der Waals surface area contributed by atoms with E-state index in [0.29, 0.717) is 11.3 Å².